The molecule has 2 aliphatic carbocycles. The molecule has 1 aromatic rings. The summed E-state index contributed by atoms with van der Waals surface area (Å²) < 4.78 is 11.5. The van der Waals surface area contributed by atoms with Crippen molar-refractivity contribution in [3.05, 3.63) is 23.2 Å². The molecule has 0 saturated heterocycles. The van der Waals surface area contributed by atoms with Crippen LogP contribution in [0.3, 0.4) is 0 Å². The van der Waals surface area contributed by atoms with Gasteiger partial charge in [0.05, 0.1) is 6.10 Å². The Bertz CT molecular complexity index is 575. The molecule has 1 spiro atoms. The highest BCUT2D eigenvalue weighted by molar-refractivity contribution is 5.80. The summed E-state index contributed by atoms with van der Waals surface area (Å²) in [4.78, 5) is 4.38. The molecule has 2 aliphatic rings. The van der Waals surface area contributed by atoms with Crippen molar-refractivity contribution < 1.29 is 9.15 Å². The van der Waals surface area contributed by atoms with Gasteiger partial charge >= 0.3 is 0 Å². The molecule has 0 aromatic carbocycles. The Morgan fingerprint density at radius 3 is 2.74 bits per heavy atom. The van der Waals surface area contributed by atoms with E-state index in [-0.39, 0.29) is 0 Å². The quantitative estimate of drug-likeness (QED) is 0.647. The van der Waals surface area contributed by atoms with Gasteiger partial charge in [0, 0.05) is 37.2 Å². The largest absolute Gasteiger partial charge is 0.466 e. The highest BCUT2D eigenvalue weighted by Crippen LogP contribution is 2.57. The lowest BCUT2D eigenvalue weighted by Gasteiger charge is -2.61. The first-order valence-corrected chi connectivity index (χ1v) is 8.73. The van der Waals surface area contributed by atoms with Gasteiger partial charge in [-0.15, -0.1) is 0 Å². The van der Waals surface area contributed by atoms with Gasteiger partial charge in [-0.3, -0.25) is 4.99 Å². The summed E-state index contributed by atoms with van der Waals surface area (Å²) in [6, 6.07) is 2.56. The third kappa shape index (κ3) is 2.99. The molecule has 0 bridgehead atoms. The molecule has 0 amide bonds. The molecule has 2 saturated carbocycles. The van der Waals surface area contributed by atoms with E-state index in [0.29, 0.717) is 17.6 Å². The van der Waals surface area contributed by atoms with Gasteiger partial charge in [-0.2, -0.15) is 0 Å². The molecular weight excluding hydrogens is 290 g/mol. The fraction of sp³-hybridized carbons (Fsp3) is 0.722. The number of furan rings is 1. The van der Waals surface area contributed by atoms with Crippen LogP contribution in [0.15, 0.2) is 15.5 Å². The van der Waals surface area contributed by atoms with E-state index in [4.69, 9.17) is 9.15 Å². The van der Waals surface area contributed by atoms with Gasteiger partial charge in [-0.25, -0.2) is 0 Å². The number of aliphatic imine (C=N–C) groups is 1. The number of guanidine groups is 1. The lowest BCUT2D eigenvalue weighted by molar-refractivity contribution is -0.168. The Kier molecular flexibility index (Phi) is 4.67. The van der Waals surface area contributed by atoms with Crippen LogP contribution in [0.25, 0.3) is 0 Å². The lowest BCUT2D eigenvalue weighted by Crippen LogP contribution is -2.68. The normalized spacial score (nSPS) is 25.8. The Balaban J connectivity index is 1.55. The smallest absolute Gasteiger partial charge is 0.191 e. The molecule has 23 heavy (non-hydrogen) atoms. The third-order valence-corrected chi connectivity index (χ3v) is 5.56. The minimum absolute atomic E-state index is 0.343. The molecule has 2 unspecified atom stereocenters. The maximum Gasteiger partial charge on any atom is 0.191 e. The standard InChI is InChI=1S/C18H29N3O2/c1-5-22-16-10-15(18(16)7-6-8-18)21-17(19-4)20-11-14-9-12(2)23-13(14)3/h9,15-16H,5-8,10-11H2,1-4H3,(H2,19,20,21). The number of hydrogen-bond donors (Lipinski definition) is 2. The number of hydrogen-bond acceptors (Lipinski definition) is 3. The summed E-state index contributed by atoms with van der Waals surface area (Å²) in [6.45, 7) is 7.61. The van der Waals surface area contributed by atoms with E-state index in [0.717, 1.165) is 37.1 Å². The van der Waals surface area contributed by atoms with E-state index in [9.17, 15) is 0 Å². The number of aryl methyl sites for hydroxylation is 2. The second-order valence-electron chi connectivity index (χ2n) is 6.83. The van der Waals surface area contributed by atoms with Gasteiger partial charge in [0.15, 0.2) is 5.96 Å². The van der Waals surface area contributed by atoms with Crippen LogP contribution in [0.5, 0.6) is 0 Å². The molecular formula is C18H29N3O2. The van der Waals surface area contributed by atoms with E-state index in [1.165, 1.54) is 24.8 Å². The van der Waals surface area contributed by atoms with E-state index >= 15 is 0 Å². The Morgan fingerprint density at radius 1 is 1.43 bits per heavy atom. The summed E-state index contributed by atoms with van der Waals surface area (Å²) in [7, 11) is 1.83. The van der Waals surface area contributed by atoms with Crippen LogP contribution in [0.4, 0.5) is 0 Å². The van der Waals surface area contributed by atoms with Crippen LogP contribution >= 0.6 is 0 Å². The highest BCUT2D eigenvalue weighted by atomic mass is 16.5. The van der Waals surface area contributed by atoms with Crippen molar-refractivity contribution in [1.29, 1.82) is 0 Å². The van der Waals surface area contributed by atoms with Crippen LogP contribution in [-0.4, -0.2) is 31.8 Å². The van der Waals surface area contributed by atoms with Crippen molar-refractivity contribution in [2.24, 2.45) is 10.4 Å². The van der Waals surface area contributed by atoms with E-state index in [1.54, 1.807) is 0 Å². The summed E-state index contributed by atoms with van der Waals surface area (Å²) in [5.74, 6) is 2.80. The average Bonchev–Trinajstić information content (AvgIpc) is 2.77. The zero-order valence-corrected chi connectivity index (χ0v) is 14.7. The van der Waals surface area contributed by atoms with E-state index < -0.39 is 0 Å². The van der Waals surface area contributed by atoms with Gasteiger partial charge in [0.1, 0.15) is 11.5 Å². The van der Waals surface area contributed by atoms with Gasteiger partial charge < -0.3 is 19.8 Å². The predicted molar refractivity (Wildman–Crippen MR) is 91.6 cm³/mol. The van der Waals surface area contributed by atoms with E-state index in [1.807, 2.05) is 20.9 Å². The maximum absolute atomic E-state index is 5.92. The van der Waals surface area contributed by atoms with Crippen LogP contribution in [0.1, 0.15) is 49.7 Å². The first-order valence-electron chi connectivity index (χ1n) is 8.73. The molecule has 128 valence electrons. The fourth-order valence-corrected chi connectivity index (χ4v) is 4.04. The number of rotatable bonds is 5. The molecule has 1 aromatic heterocycles. The highest BCUT2D eigenvalue weighted by Gasteiger charge is 2.59. The second-order valence-corrected chi connectivity index (χ2v) is 6.83. The first kappa shape index (κ1) is 16.4. The van der Waals surface area contributed by atoms with Crippen molar-refractivity contribution in [3.8, 4) is 0 Å². The lowest BCUT2D eigenvalue weighted by atomic mass is 9.51. The summed E-state index contributed by atoms with van der Waals surface area (Å²) in [6.07, 6.45) is 5.37. The SMILES string of the molecule is CCOC1CC(NC(=NC)NCc2cc(C)oc2C)C12CCC2. The monoisotopic (exact) mass is 319 g/mol. The summed E-state index contributed by atoms with van der Waals surface area (Å²) >= 11 is 0. The zero-order valence-electron chi connectivity index (χ0n) is 14.7. The molecule has 2 fully saturated rings. The topological polar surface area (TPSA) is 58.8 Å². The van der Waals surface area contributed by atoms with Crippen LogP contribution in [-0.2, 0) is 11.3 Å². The molecule has 5 nitrogen and oxygen atoms in total. The molecule has 2 N–H and O–H groups in total. The average molecular weight is 319 g/mol. The molecule has 0 radical (unpaired) electrons. The second kappa shape index (κ2) is 6.56. The number of nitrogens with one attached hydrogen (secondary N) is 2. The van der Waals surface area contributed by atoms with Crippen molar-refractivity contribution in [3.63, 3.8) is 0 Å². The molecule has 2 atom stereocenters. The fourth-order valence-electron chi connectivity index (χ4n) is 4.04. The Labute approximate surface area is 138 Å². The van der Waals surface area contributed by atoms with Gasteiger partial charge in [0.25, 0.3) is 0 Å². The molecule has 3 rings (SSSR count). The zero-order chi connectivity index (χ0) is 16.4. The first-order chi connectivity index (χ1) is 11.1. The van der Waals surface area contributed by atoms with Crippen molar-refractivity contribution >= 4 is 5.96 Å². The van der Waals surface area contributed by atoms with Crippen molar-refractivity contribution in [2.45, 2.75) is 65.1 Å². The van der Waals surface area contributed by atoms with Gasteiger partial charge in [-0.05, 0) is 46.1 Å². The predicted octanol–water partition coefficient (Wildman–Crippen LogP) is 2.91. The van der Waals surface area contributed by atoms with E-state index in [2.05, 4.69) is 28.6 Å². The van der Waals surface area contributed by atoms with Crippen molar-refractivity contribution in [1.82, 2.24) is 10.6 Å². The van der Waals surface area contributed by atoms with Crippen LogP contribution < -0.4 is 10.6 Å². The van der Waals surface area contributed by atoms with Crippen LogP contribution in [0, 0.1) is 19.3 Å². The summed E-state index contributed by atoms with van der Waals surface area (Å²) in [5.41, 5.74) is 1.53. The minimum atomic E-state index is 0.343. The number of nitrogens with zero attached hydrogens (tertiary/aromatic N) is 1. The molecule has 1 heterocycles. The number of ether oxygens (including phenoxy) is 1. The van der Waals surface area contributed by atoms with Gasteiger partial charge in [-0.1, -0.05) is 6.42 Å². The van der Waals surface area contributed by atoms with Crippen molar-refractivity contribution in [2.75, 3.05) is 13.7 Å². The summed E-state index contributed by atoms with van der Waals surface area (Å²) in [5, 5.41) is 7.02. The molecule has 5 heteroatoms. The minimum Gasteiger partial charge on any atom is -0.466 e. The van der Waals surface area contributed by atoms with Crippen LogP contribution in [0.2, 0.25) is 0 Å². The third-order valence-electron chi connectivity index (χ3n) is 5.56. The maximum atomic E-state index is 5.92. The Hall–Kier alpha value is -1.49. The Morgan fingerprint density at radius 2 is 2.22 bits per heavy atom. The van der Waals surface area contributed by atoms with Gasteiger partial charge in [0.2, 0.25) is 0 Å². The molecule has 0 aliphatic heterocycles.